The lowest BCUT2D eigenvalue weighted by Crippen LogP contribution is -2.46. The Hall–Kier alpha value is -2.66. The maximum absolute atomic E-state index is 13.0. The van der Waals surface area contributed by atoms with Crippen LogP contribution in [-0.2, 0) is 11.2 Å². The average molecular weight is 380 g/mol. The molecule has 28 heavy (non-hydrogen) atoms. The molecular formula is C23H29N3O2. The number of amides is 2. The first-order valence-corrected chi connectivity index (χ1v) is 10.1. The number of benzene rings is 2. The van der Waals surface area contributed by atoms with Crippen molar-refractivity contribution in [3.8, 4) is 0 Å². The Morgan fingerprint density at radius 2 is 1.54 bits per heavy atom. The number of nitrogens with zero attached hydrogens (tertiary/aromatic N) is 2. The van der Waals surface area contributed by atoms with Crippen molar-refractivity contribution in [2.24, 2.45) is 11.7 Å². The molecule has 0 unspecified atom stereocenters. The molecule has 0 aliphatic carbocycles. The molecule has 1 aliphatic heterocycles. The number of hydrogen-bond acceptors (Lipinski definition) is 3. The van der Waals surface area contributed by atoms with Gasteiger partial charge < -0.3 is 15.5 Å². The maximum Gasteiger partial charge on any atom is 0.253 e. The summed E-state index contributed by atoms with van der Waals surface area (Å²) in [5, 5.41) is 0. The van der Waals surface area contributed by atoms with Crippen LogP contribution in [0.15, 0.2) is 60.7 Å². The topological polar surface area (TPSA) is 66.6 Å². The fourth-order valence-electron chi connectivity index (χ4n) is 3.75. The number of carbonyl (C=O) groups excluding carboxylic acids is 2. The van der Waals surface area contributed by atoms with Gasteiger partial charge in [0.15, 0.2) is 0 Å². The SMILES string of the molecule is NCCN(CCc1ccccc1)C(=O)C1CCN(C(=O)c2ccccc2)CC1. The maximum atomic E-state index is 13.0. The molecule has 5 heteroatoms. The van der Waals surface area contributed by atoms with Crippen LogP contribution in [0.25, 0.3) is 0 Å². The van der Waals surface area contributed by atoms with Crippen molar-refractivity contribution in [2.45, 2.75) is 19.3 Å². The van der Waals surface area contributed by atoms with E-state index in [1.165, 1.54) is 5.56 Å². The van der Waals surface area contributed by atoms with Crippen LogP contribution in [-0.4, -0.2) is 54.3 Å². The molecule has 0 bridgehead atoms. The van der Waals surface area contributed by atoms with Crippen LogP contribution >= 0.6 is 0 Å². The molecule has 1 fully saturated rings. The number of likely N-dealkylation sites (tertiary alicyclic amines) is 1. The molecule has 0 radical (unpaired) electrons. The van der Waals surface area contributed by atoms with Crippen molar-refractivity contribution >= 4 is 11.8 Å². The smallest absolute Gasteiger partial charge is 0.253 e. The van der Waals surface area contributed by atoms with E-state index in [4.69, 9.17) is 5.73 Å². The summed E-state index contributed by atoms with van der Waals surface area (Å²) in [6.45, 7) is 2.97. The van der Waals surface area contributed by atoms with Gasteiger partial charge in [0.1, 0.15) is 0 Å². The Balaban J connectivity index is 1.54. The molecule has 0 atom stereocenters. The van der Waals surface area contributed by atoms with Crippen LogP contribution in [0.2, 0.25) is 0 Å². The molecule has 1 aliphatic rings. The fraction of sp³-hybridized carbons (Fsp3) is 0.391. The summed E-state index contributed by atoms with van der Waals surface area (Å²) in [5.41, 5.74) is 7.68. The van der Waals surface area contributed by atoms with Gasteiger partial charge >= 0.3 is 0 Å². The molecule has 1 saturated heterocycles. The zero-order valence-corrected chi connectivity index (χ0v) is 16.3. The van der Waals surface area contributed by atoms with E-state index in [0.717, 1.165) is 6.42 Å². The molecule has 2 N–H and O–H groups in total. The Morgan fingerprint density at radius 1 is 0.929 bits per heavy atom. The van der Waals surface area contributed by atoms with Crippen LogP contribution in [0.1, 0.15) is 28.8 Å². The molecule has 148 valence electrons. The minimum atomic E-state index is -0.0258. The van der Waals surface area contributed by atoms with Crippen molar-refractivity contribution < 1.29 is 9.59 Å². The van der Waals surface area contributed by atoms with Gasteiger partial charge in [-0.25, -0.2) is 0 Å². The first kappa shape index (κ1) is 20.1. The molecule has 3 rings (SSSR count). The zero-order valence-electron chi connectivity index (χ0n) is 16.3. The van der Waals surface area contributed by atoms with Crippen molar-refractivity contribution in [3.05, 3.63) is 71.8 Å². The minimum absolute atomic E-state index is 0.0258. The first-order chi connectivity index (χ1) is 13.7. The zero-order chi connectivity index (χ0) is 19.8. The van der Waals surface area contributed by atoms with E-state index in [2.05, 4.69) is 12.1 Å². The van der Waals surface area contributed by atoms with Crippen LogP contribution in [0.5, 0.6) is 0 Å². The molecule has 5 nitrogen and oxygen atoms in total. The molecule has 1 heterocycles. The second kappa shape index (κ2) is 10.0. The molecule has 2 aromatic rings. The van der Waals surface area contributed by atoms with Gasteiger partial charge in [-0.2, -0.15) is 0 Å². The summed E-state index contributed by atoms with van der Waals surface area (Å²) < 4.78 is 0. The standard InChI is InChI=1S/C23H29N3O2/c24-14-18-26(15-11-19-7-3-1-4-8-19)23(28)21-12-16-25(17-13-21)22(27)20-9-5-2-6-10-20/h1-10,21H,11-18,24H2. The number of carbonyl (C=O) groups is 2. The van der Waals surface area contributed by atoms with Crippen molar-refractivity contribution in [1.29, 1.82) is 0 Å². The number of nitrogens with two attached hydrogens (primary N) is 1. The van der Waals surface area contributed by atoms with Crippen LogP contribution in [0.3, 0.4) is 0 Å². The molecule has 0 saturated carbocycles. The van der Waals surface area contributed by atoms with Crippen LogP contribution in [0.4, 0.5) is 0 Å². The van der Waals surface area contributed by atoms with E-state index in [-0.39, 0.29) is 17.7 Å². The number of piperidine rings is 1. The quantitative estimate of drug-likeness (QED) is 0.804. The number of rotatable bonds is 7. The van der Waals surface area contributed by atoms with Crippen molar-refractivity contribution in [2.75, 3.05) is 32.7 Å². The summed E-state index contributed by atoms with van der Waals surface area (Å²) in [7, 11) is 0. The monoisotopic (exact) mass is 379 g/mol. The van der Waals surface area contributed by atoms with Gasteiger partial charge in [-0.1, -0.05) is 48.5 Å². The third-order valence-corrected chi connectivity index (χ3v) is 5.38. The molecule has 2 aromatic carbocycles. The Bertz CT molecular complexity index is 756. The normalized spacial score (nSPS) is 14.7. The van der Waals surface area contributed by atoms with E-state index in [0.29, 0.717) is 51.1 Å². The number of hydrogen-bond donors (Lipinski definition) is 1. The predicted molar refractivity (Wildman–Crippen MR) is 111 cm³/mol. The van der Waals surface area contributed by atoms with Crippen LogP contribution < -0.4 is 5.73 Å². The molecular weight excluding hydrogens is 350 g/mol. The van der Waals surface area contributed by atoms with Gasteiger partial charge in [0.05, 0.1) is 0 Å². The fourth-order valence-corrected chi connectivity index (χ4v) is 3.75. The van der Waals surface area contributed by atoms with E-state index in [9.17, 15) is 9.59 Å². The molecule has 0 aromatic heterocycles. The van der Waals surface area contributed by atoms with E-state index in [1.54, 1.807) is 0 Å². The Morgan fingerprint density at radius 3 is 2.14 bits per heavy atom. The van der Waals surface area contributed by atoms with Crippen molar-refractivity contribution in [1.82, 2.24) is 9.80 Å². The van der Waals surface area contributed by atoms with Gasteiger partial charge in [-0.3, -0.25) is 9.59 Å². The lowest BCUT2D eigenvalue weighted by Gasteiger charge is -2.34. The molecule has 2 amide bonds. The van der Waals surface area contributed by atoms with Gasteiger partial charge in [-0.05, 0) is 37.0 Å². The minimum Gasteiger partial charge on any atom is -0.341 e. The highest BCUT2D eigenvalue weighted by molar-refractivity contribution is 5.94. The van der Waals surface area contributed by atoms with E-state index >= 15 is 0 Å². The average Bonchev–Trinajstić information content (AvgIpc) is 2.77. The van der Waals surface area contributed by atoms with Gasteiger partial charge in [0.25, 0.3) is 5.91 Å². The second-order valence-electron chi connectivity index (χ2n) is 7.28. The highest BCUT2D eigenvalue weighted by Crippen LogP contribution is 2.21. The summed E-state index contributed by atoms with van der Waals surface area (Å²) >= 11 is 0. The highest BCUT2D eigenvalue weighted by atomic mass is 16.2. The summed E-state index contributed by atoms with van der Waals surface area (Å²) in [6.07, 6.45) is 2.26. The van der Waals surface area contributed by atoms with E-state index < -0.39 is 0 Å². The van der Waals surface area contributed by atoms with Gasteiger partial charge in [-0.15, -0.1) is 0 Å². The highest BCUT2D eigenvalue weighted by Gasteiger charge is 2.30. The van der Waals surface area contributed by atoms with Crippen molar-refractivity contribution in [3.63, 3.8) is 0 Å². The lowest BCUT2D eigenvalue weighted by molar-refractivity contribution is -0.136. The molecule has 0 spiro atoms. The van der Waals surface area contributed by atoms with E-state index in [1.807, 2.05) is 58.3 Å². The Labute approximate surface area is 167 Å². The summed E-state index contributed by atoms with van der Waals surface area (Å²) in [4.78, 5) is 29.4. The first-order valence-electron chi connectivity index (χ1n) is 10.1. The predicted octanol–water partition coefficient (Wildman–Crippen LogP) is 2.57. The summed E-state index contributed by atoms with van der Waals surface area (Å²) in [5.74, 6) is 0.199. The summed E-state index contributed by atoms with van der Waals surface area (Å²) in [6, 6.07) is 19.5. The Kier molecular flexibility index (Phi) is 7.20. The largest absolute Gasteiger partial charge is 0.341 e. The third-order valence-electron chi connectivity index (χ3n) is 5.38. The lowest BCUT2D eigenvalue weighted by atomic mass is 9.94. The third kappa shape index (κ3) is 5.20. The van der Waals surface area contributed by atoms with Crippen LogP contribution in [0, 0.1) is 5.92 Å². The van der Waals surface area contributed by atoms with Gasteiger partial charge in [0, 0.05) is 44.2 Å². The van der Waals surface area contributed by atoms with Gasteiger partial charge in [0.2, 0.25) is 5.91 Å². The second-order valence-corrected chi connectivity index (χ2v) is 7.28.